The van der Waals surface area contributed by atoms with Gasteiger partial charge in [-0.2, -0.15) is 0 Å². The fourth-order valence-corrected chi connectivity index (χ4v) is 2.07. The molecular weight excluding hydrogens is 166 g/mol. The summed E-state index contributed by atoms with van der Waals surface area (Å²) < 4.78 is 0. The number of piperidine rings is 1. The molecule has 1 heterocycles. The van der Waals surface area contributed by atoms with Gasteiger partial charge in [-0.15, -0.1) is 0 Å². The number of nitrogens with zero attached hydrogens (tertiary/aromatic N) is 1. The third-order valence-electron chi connectivity index (χ3n) is 3.27. The highest BCUT2D eigenvalue weighted by atomic mass is 16.3. The average Bonchev–Trinajstić information content (AvgIpc) is 2.23. The van der Waals surface area contributed by atoms with E-state index in [4.69, 9.17) is 0 Å². The smallest absolute Gasteiger partial charge is 0.0670 e. The van der Waals surface area contributed by atoms with Crippen molar-refractivity contribution in [2.45, 2.75) is 38.1 Å². The average molecular weight is 187 g/mol. The van der Waals surface area contributed by atoms with E-state index in [0.29, 0.717) is 0 Å². The molecule has 1 aliphatic heterocycles. The summed E-state index contributed by atoms with van der Waals surface area (Å²) in [5.74, 6) is 0. The normalized spacial score (nSPS) is 20.5. The summed E-state index contributed by atoms with van der Waals surface area (Å²) >= 11 is 0. The Morgan fingerprint density at radius 2 is 1.62 bits per heavy atom. The van der Waals surface area contributed by atoms with Crippen LogP contribution in [0, 0.1) is 0 Å². The zero-order valence-electron chi connectivity index (χ0n) is 8.50. The van der Waals surface area contributed by atoms with E-state index < -0.39 is 0 Å². The summed E-state index contributed by atoms with van der Waals surface area (Å²) in [5, 5.41) is 18.7. The van der Waals surface area contributed by atoms with Crippen molar-refractivity contribution >= 4 is 0 Å². The topological polar surface area (TPSA) is 43.7 Å². The Kier molecular flexibility index (Phi) is 4.16. The molecule has 0 aromatic carbocycles. The Morgan fingerprint density at radius 1 is 1.08 bits per heavy atom. The van der Waals surface area contributed by atoms with E-state index in [-0.39, 0.29) is 18.8 Å². The van der Waals surface area contributed by atoms with Crippen LogP contribution in [0.1, 0.15) is 32.6 Å². The van der Waals surface area contributed by atoms with Crippen LogP contribution in [0.15, 0.2) is 0 Å². The third-order valence-corrected chi connectivity index (χ3v) is 3.27. The number of rotatable bonds is 4. The van der Waals surface area contributed by atoms with Gasteiger partial charge in [0.1, 0.15) is 0 Å². The Morgan fingerprint density at radius 3 is 2.00 bits per heavy atom. The van der Waals surface area contributed by atoms with Crippen molar-refractivity contribution in [2.24, 2.45) is 0 Å². The van der Waals surface area contributed by atoms with Crippen LogP contribution in [0.25, 0.3) is 0 Å². The van der Waals surface area contributed by atoms with Crippen molar-refractivity contribution < 1.29 is 10.2 Å². The van der Waals surface area contributed by atoms with E-state index in [0.717, 1.165) is 19.5 Å². The molecule has 0 amide bonds. The minimum Gasteiger partial charge on any atom is -0.394 e. The van der Waals surface area contributed by atoms with E-state index in [1.54, 1.807) is 0 Å². The van der Waals surface area contributed by atoms with Crippen LogP contribution in [0.3, 0.4) is 0 Å². The number of likely N-dealkylation sites (tertiary alicyclic amines) is 1. The van der Waals surface area contributed by atoms with Crippen LogP contribution in [-0.2, 0) is 0 Å². The monoisotopic (exact) mass is 187 g/mol. The van der Waals surface area contributed by atoms with Gasteiger partial charge in [0.2, 0.25) is 0 Å². The van der Waals surface area contributed by atoms with Crippen molar-refractivity contribution in [2.75, 3.05) is 26.3 Å². The molecule has 0 spiro atoms. The highest BCUT2D eigenvalue weighted by Crippen LogP contribution is 2.23. The van der Waals surface area contributed by atoms with Crippen molar-refractivity contribution in [1.29, 1.82) is 0 Å². The molecule has 1 saturated heterocycles. The predicted molar refractivity (Wildman–Crippen MR) is 52.6 cm³/mol. The van der Waals surface area contributed by atoms with E-state index in [1.807, 2.05) is 6.92 Å². The molecule has 1 aliphatic rings. The SMILES string of the molecule is CCC(CO)(CO)N1CCCCC1. The molecule has 3 nitrogen and oxygen atoms in total. The Bertz CT molecular complexity index is 132. The first-order valence-corrected chi connectivity index (χ1v) is 5.26. The van der Waals surface area contributed by atoms with Gasteiger partial charge >= 0.3 is 0 Å². The Balaban J connectivity index is 2.60. The highest BCUT2D eigenvalue weighted by molar-refractivity contribution is 4.89. The number of aliphatic hydroxyl groups is 2. The first kappa shape index (κ1) is 11.0. The van der Waals surface area contributed by atoms with Gasteiger partial charge in [-0.05, 0) is 32.4 Å². The molecular formula is C10H21NO2. The van der Waals surface area contributed by atoms with Crippen molar-refractivity contribution in [3.05, 3.63) is 0 Å². The summed E-state index contributed by atoms with van der Waals surface area (Å²) in [4.78, 5) is 2.25. The highest BCUT2D eigenvalue weighted by Gasteiger charge is 2.34. The lowest BCUT2D eigenvalue weighted by Crippen LogP contribution is -2.55. The molecule has 2 N–H and O–H groups in total. The lowest BCUT2D eigenvalue weighted by Gasteiger charge is -2.43. The maximum Gasteiger partial charge on any atom is 0.0670 e. The lowest BCUT2D eigenvalue weighted by molar-refractivity contribution is -0.0257. The molecule has 3 heteroatoms. The Labute approximate surface area is 80.4 Å². The van der Waals surface area contributed by atoms with Crippen LogP contribution >= 0.6 is 0 Å². The molecule has 0 radical (unpaired) electrons. The molecule has 0 unspecified atom stereocenters. The third kappa shape index (κ3) is 2.22. The van der Waals surface area contributed by atoms with Crippen molar-refractivity contribution in [3.8, 4) is 0 Å². The number of hydrogen-bond donors (Lipinski definition) is 2. The van der Waals surface area contributed by atoms with Gasteiger partial charge in [-0.25, -0.2) is 0 Å². The van der Waals surface area contributed by atoms with E-state index in [1.165, 1.54) is 19.3 Å². The molecule has 0 atom stereocenters. The van der Waals surface area contributed by atoms with E-state index in [2.05, 4.69) is 4.90 Å². The fraction of sp³-hybridized carbons (Fsp3) is 1.00. The largest absolute Gasteiger partial charge is 0.394 e. The maximum absolute atomic E-state index is 9.33. The second kappa shape index (κ2) is 4.94. The van der Waals surface area contributed by atoms with Gasteiger partial charge in [-0.3, -0.25) is 4.90 Å². The minimum absolute atomic E-state index is 0.0694. The molecule has 0 saturated carbocycles. The lowest BCUT2D eigenvalue weighted by atomic mass is 9.93. The van der Waals surface area contributed by atoms with E-state index in [9.17, 15) is 10.2 Å². The van der Waals surface area contributed by atoms with Gasteiger partial charge in [0.25, 0.3) is 0 Å². The van der Waals surface area contributed by atoms with Crippen LogP contribution in [0.5, 0.6) is 0 Å². The number of hydrogen-bond acceptors (Lipinski definition) is 3. The summed E-state index contributed by atoms with van der Waals surface area (Å²) in [5.41, 5.74) is -0.361. The molecule has 13 heavy (non-hydrogen) atoms. The predicted octanol–water partition coefficient (Wildman–Crippen LogP) is 0.606. The second-order valence-electron chi connectivity index (χ2n) is 3.94. The van der Waals surface area contributed by atoms with Gasteiger partial charge in [0.05, 0.1) is 18.8 Å². The Hall–Kier alpha value is -0.120. The van der Waals surface area contributed by atoms with Gasteiger partial charge in [-0.1, -0.05) is 13.3 Å². The van der Waals surface area contributed by atoms with Crippen LogP contribution in [0.2, 0.25) is 0 Å². The standard InChI is InChI=1S/C10H21NO2/c1-2-10(8-12,9-13)11-6-4-3-5-7-11/h12-13H,2-9H2,1H3. The summed E-state index contributed by atoms with van der Waals surface area (Å²) in [6.07, 6.45) is 4.50. The molecule has 1 rings (SSSR count). The fourth-order valence-electron chi connectivity index (χ4n) is 2.07. The zero-order valence-corrected chi connectivity index (χ0v) is 8.50. The van der Waals surface area contributed by atoms with Crippen molar-refractivity contribution in [3.63, 3.8) is 0 Å². The minimum atomic E-state index is -0.361. The molecule has 1 fully saturated rings. The molecule has 0 bridgehead atoms. The number of aliphatic hydroxyl groups excluding tert-OH is 2. The molecule has 0 aromatic heterocycles. The quantitative estimate of drug-likeness (QED) is 0.677. The second-order valence-corrected chi connectivity index (χ2v) is 3.94. The zero-order chi connectivity index (χ0) is 9.73. The first-order chi connectivity index (χ1) is 6.29. The summed E-state index contributed by atoms with van der Waals surface area (Å²) in [6.45, 7) is 4.21. The first-order valence-electron chi connectivity index (χ1n) is 5.26. The maximum atomic E-state index is 9.33. The van der Waals surface area contributed by atoms with Gasteiger partial charge in [0.15, 0.2) is 0 Å². The van der Waals surface area contributed by atoms with E-state index >= 15 is 0 Å². The molecule has 0 aromatic rings. The van der Waals surface area contributed by atoms with Crippen molar-refractivity contribution in [1.82, 2.24) is 4.90 Å². The van der Waals surface area contributed by atoms with Gasteiger partial charge in [0, 0.05) is 0 Å². The van der Waals surface area contributed by atoms with Crippen LogP contribution < -0.4 is 0 Å². The summed E-state index contributed by atoms with van der Waals surface area (Å²) in [6, 6.07) is 0. The summed E-state index contributed by atoms with van der Waals surface area (Å²) in [7, 11) is 0. The van der Waals surface area contributed by atoms with Crippen LogP contribution in [0.4, 0.5) is 0 Å². The van der Waals surface area contributed by atoms with Crippen LogP contribution in [-0.4, -0.2) is 47.0 Å². The van der Waals surface area contributed by atoms with Gasteiger partial charge < -0.3 is 10.2 Å². The molecule has 78 valence electrons. The molecule has 0 aliphatic carbocycles.